The minimum atomic E-state index is 0.743. The third kappa shape index (κ3) is 1.65. The van der Waals surface area contributed by atoms with Crippen molar-refractivity contribution in [3.05, 3.63) is 28.9 Å². The summed E-state index contributed by atoms with van der Waals surface area (Å²) in [5.41, 5.74) is 0.797. The zero-order valence-electron chi connectivity index (χ0n) is 8.45. The number of aromatic nitrogens is 1. The first-order chi connectivity index (χ1) is 7.27. The predicted octanol–water partition coefficient (Wildman–Crippen LogP) is 3.01. The molecule has 0 N–H and O–H groups in total. The van der Waals surface area contributed by atoms with Crippen LogP contribution in [0.5, 0.6) is 11.5 Å². The summed E-state index contributed by atoms with van der Waals surface area (Å²) in [6, 6.07) is 5.60. The summed E-state index contributed by atoms with van der Waals surface area (Å²) in [5.74, 6) is 1.53. The lowest BCUT2D eigenvalue weighted by Gasteiger charge is -2.09. The van der Waals surface area contributed by atoms with E-state index in [1.807, 2.05) is 18.2 Å². The minimum Gasteiger partial charge on any atom is -0.496 e. The molecule has 0 saturated heterocycles. The first-order valence-corrected chi connectivity index (χ1v) is 5.22. The van der Waals surface area contributed by atoms with Crippen molar-refractivity contribution in [1.29, 1.82) is 0 Å². The minimum absolute atomic E-state index is 0.743. The number of methoxy groups -OCH3 is 2. The zero-order valence-corrected chi connectivity index (χ0v) is 10.0. The Morgan fingerprint density at radius 3 is 2.40 bits per heavy atom. The normalized spacial score (nSPS) is 10.3. The summed E-state index contributed by atoms with van der Waals surface area (Å²) in [5, 5.41) is 0.930. The van der Waals surface area contributed by atoms with Gasteiger partial charge in [-0.1, -0.05) is 0 Å². The number of halogens is 1. The molecule has 1 heterocycles. The lowest BCUT2D eigenvalue weighted by Crippen LogP contribution is -1.91. The van der Waals surface area contributed by atoms with Crippen LogP contribution in [0.25, 0.3) is 10.9 Å². The molecule has 0 aliphatic heterocycles. The van der Waals surface area contributed by atoms with Crippen LogP contribution in [0.15, 0.2) is 28.9 Å². The van der Waals surface area contributed by atoms with Crippen molar-refractivity contribution in [2.45, 2.75) is 0 Å². The number of rotatable bonds is 2. The van der Waals surface area contributed by atoms with Gasteiger partial charge in [0.25, 0.3) is 0 Å². The molecule has 0 spiro atoms. The summed E-state index contributed by atoms with van der Waals surface area (Å²) in [7, 11) is 3.27. The molecule has 15 heavy (non-hydrogen) atoms. The van der Waals surface area contributed by atoms with Crippen LogP contribution in [0.3, 0.4) is 0 Å². The Morgan fingerprint density at radius 2 is 1.73 bits per heavy atom. The topological polar surface area (TPSA) is 31.4 Å². The first kappa shape index (κ1) is 10.2. The molecule has 0 unspecified atom stereocenters. The average Bonchev–Trinajstić information content (AvgIpc) is 2.28. The SMILES string of the molecule is COc1ccc(OC)c2c(Br)ccnc12. The maximum Gasteiger partial charge on any atom is 0.145 e. The standard InChI is InChI=1S/C11H10BrNO2/c1-14-8-3-4-9(15-2)11-10(8)7(12)5-6-13-11/h3-6H,1-2H3. The van der Waals surface area contributed by atoms with Crippen molar-refractivity contribution in [2.75, 3.05) is 14.2 Å². The highest BCUT2D eigenvalue weighted by molar-refractivity contribution is 9.10. The first-order valence-electron chi connectivity index (χ1n) is 4.43. The van der Waals surface area contributed by atoms with Crippen LogP contribution in [0.1, 0.15) is 0 Å². The number of hydrogen-bond acceptors (Lipinski definition) is 3. The summed E-state index contributed by atoms with van der Waals surface area (Å²) >= 11 is 3.48. The van der Waals surface area contributed by atoms with E-state index in [9.17, 15) is 0 Å². The van der Waals surface area contributed by atoms with Gasteiger partial charge in [-0.25, -0.2) is 0 Å². The molecule has 3 nitrogen and oxygen atoms in total. The number of hydrogen-bond donors (Lipinski definition) is 0. The third-order valence-corrected chi connectivity index (χ3v) is 2.87. The third-order valence-electron chi connectivity index (χ3n) is 2.21. The molecule has 0 aliphatic rings. The van der Waals surface area contributed by atoms with Crippen molar-refractivity contribution < 1.29 is 9.47 Å². The quantitative estimate of drug-likeness (QED) is 0.838. The maximum absolute atomic E-state index is 5.28. The smallest absolute Gasteiger partial charge is 0.145 e. The number of pyridine rings is 1. The number of nitrogens with zero attached hydrogens (tertiary/aromatic N) is 1. The Morgan fingerprint density at radius 1 is 1.07 bits per heavy atom. The second-order valence-electron chi connectivity index (χ2n) is 2.99. The number of fused-ring (bicyclic) bond motifs is 1. The van der Waals surface area contributed by atoms with E-state index >= 15 is 0 Å². The van der Waals surface area contributed by atoms with E-state index in [1.165, 1.54) is 0 Å². The van der Waals surface area contributed by atoms with Gasteiger partial charge in [-0.15, -0.1) is 0 Å². The van der Waals surface area contributed by atoms with Crippen molar-refractivity contribution >= 4 is 26.8 Å². The van der Waals surface area contributed by atoms with Crippen molar-refractivity contribution in [1.82, 2.24) is 4.98 Å². The van der Waals surface area contributed by atoms with E-state index in [0.717, 1.165) is 26.9 Å². The van der Waals surface area contributed by atoms with Gasteiger partial charge in [0.05, 0.1) is 19.6 Å². The van der Waals surface area contributed by atoms with Gasteiger partial charge in [0.2, 0.25) is 0 Å². The molecule has 0 fully saturated rings. The molecule has 78 valence electrons. The van der Waals surface area contributed by atoms with E-state index in [0.29, 0.717) is 0 Å². The van der Waals surface area contributed by atoms with E-state index in [2.05, 4.69) is 20.9 Å². The van der Waals surface area contributed by atoms with Crippen LogP contribution in [0.2, 0.25) is 0 Å². The molecule has 1 aromatic heterocycles. The van der Waals surface area contributed by atoms with Gasteiger partial charge in [-0.05, 0) is 34.1 Å². The van der Waals surface area contributed by atoms with Gasteiger partial charge in [-0.3, -0.25) is 4.98 Å². The van der Waals surface area contributed by atoms with Gasteiger partial charge in [0.1, 0.15) is 17.0 Å². The Labute approximate surface area is 96.2 Å². The fraction of sp³-hybridized carbons (Fsp3) is 0.182. The van der Waals surface area contributed by atoms with E-state index < -0.39 is 0 Å². The van der Waals surface area contributed by atoms with Crippen LogP contribution in [0, 0.1) is 0 Å². The lowest BCUT2D eigenvalue weighted by atomic mass is 10.2. The van der Waals surface area contributed by atoms with Crippen molar-refractivity contribution in [2.24, 2.45) is 0 Å². The van der Waals surface area contributed by atoms with Crippen LogP contribution < -0.4 is 9.47 Å². The van der Waals surface area contributed by atoms with Gasteiger partial charge < -0.3 is 9.47 Å². The highest BCUT2D eigenvalue weighted by atomic mass is 79.9. The molecule has 2 rings (SSSR count). The summed E-state index contributed by atoms with van der Waals surface area (Å²) in [4.78, 5) is 4.29. The van der Waals surface area contributed by atoms with Crippen LogP contribution in [-0.2, 0) is 0 Å². The van der Waals surface area contributed by atoms with Gasteiger partial charge >= 0.3 is 0 Å². The summed E-state index contributed by atoms with van der Waals surface area (Å²) in [6.45, 7) is 0. The molecular weight excluding hydrogens is 258 g/mol. The second kappa shape index (κ2) is 4.06. The molecule has 1 aromatic carbocycles. The fourth-order valence-electron chi connectivity index (χ4n) is 1.51. The van der Waals surface area contributed by atoms with Gasteiger partial charge in [0, 0.05) is 10.7 Å². The Hall–Kier alpha value is -1.29. The summed E-state index contributed by atoms with van der Waals surface area (Å²) in [6.07, 6.45) is 1.73. The molecule has 4 heteroatoms. The highest BCUT2D eigenvalue weighted by Gasteiger charge is 2.10. The molecule has 0 atom stereocenters. The second-order valence-corrected chi connectivity index (χ2v) is 3.84. The molecule has 0 saturated carbocycles. The predicted molar refractivity (Wildman–Crippen MR) is 62.5 cm³/mol. The van der Waals surface area contributed by atoms with Crippen LogP contribution in [-0.4, -0.2) is 19.2 Å². The van der Waals surface area contributed by atoms with E-state index in [-0.39, 0.29) is 0 Å². The van der Waals surface area contributed by atoms with Crippen molar-refractivity contribution in [3.63, 3.8) is 0 Å². The number of ether oxygens (including phenoxy) is 2. The maximum atomic E-state index is 5.28. The lowest BCUT2D eigenvalue weighted by molar-refractivity contribution is 0.409. The zero-order chi connectivity index (χ0) is 10.8. The molecule has 0 radical (unpaired) electrons. The molecule has 0 amide bonds. The van der Waals surface area contributed by atoms with Crippen LogP contribution in [0.4, 0.5) is 0 Å². The number of benzene rings is 1. The Bertz CT molecular complexity index is 499. The summed E-state index contributed by atoms with van der Waals surface area (Å²) < 4.78 is 11.5. The van der Waals surface area contributed by atoms with Gasteiger partial charge in [-0.2, -0.15) is 0 Å². The van der Waals surface area contributed by atoms with E-state index in [1.54, 1.807) is 20.4 Å². The average molecular weight is 268 g/mol. The molecular formula is C11H10BrNO2. The molecule has 0 bridgehead atoms. The Balaban J connectivity index is 2.86. The fourth-order valence-corrected chi connectivity index (χ4v) is 2.01. The largest absolute Gasteiger partial charge is 0.496 e. The monoisotopic (exact) mass is 267 g/mol. The molecule has 0 aliphatic carbocycles. The molecule has 2 aromatic rings. The highest BCUT2D eigenvalue weighted by Crippen LogP contribution is 2.35. The van der Waals surface area contributed by atoms with Gasteiger partial charge in [0.15, 0.2) is 0 Å². The van der Waals surface area contributed by atoms with Crippen LogP contribution >= 0.6 is 15.9 Å². The van der Waals surface area contributed by atoms with Crippen molar-refractivity contribution in [3.8, 4) is 11.5 Å². The Kier molecular flexibility index (Phi) is 2.77. The van der Waals surface area contributed by atoms with E-state index in [4.69, 9.17) is 9.47 Å².